The normalized spacial score (nSPS) is 19.4. The van der Waals surface area contributed by atoms with Crippen LogP contribution in [0.1, 0.15) is 38.7 Å². The average Bonchev–Trinajstić information content (AvgIpc) is 2.95. The highest BCUT2D eigenvalue weighted by Crippen LogP contribution is 2.21. The van der Waals surface area contributed by atoms with Crippen LogP contribution in [0, 0.1) is 5.92 Å². The van der Waals surface area contributed by atoms with Gasteiger partial charge in [-0.2, -0.15) is 0 Å². The fraction of sp³-hybridized carbons (Fsp3) is 0.556. The van der Waals surface area contributed by atoms with Crippen LogP contribution in [0.15, 0.2) is 24.3 Å². The quantitative estimate of drug-likeness (QED) is 0.703. The summed E-state index contributed by atoms with van der Waals surface area (Å²) < 4.78 is 0. The molecule has 0 bridgehead atoms. The van der Waals surface area contributed by atoms with Crippen molar-refractivity contribution in [3.8, 4) is 0 Å². The van der Waals surface area contributed by atoms with Gasteiger partial charge < -0.3 is 16.8 Å². The molecule has 24 heavy (non-hydrogen) atoms. The molecule has 1 heterocycles. The molecule has 0 radical (unpaired) electrons. The summed E-state index contributed by atoms with van der Waals surface area (Å²) in [5, 5.41) is 2.87. The molecule has 0 aliphatic carbocycles. The summed E-state index contributed by atoms with van der Waals surface area (Å²) in [5.74, 6) is -0.0633. The zero-order valence-electron chi connectivity index (χ0n) is 14.5. The predicted octanol–water partition coefficient (Wildman–Crippen LogP) is 1.45. The van der Waals surface area contributed by atoms with E-state index in [1.54, 1.807) is 0 Å². The molecule has 2 amide bonds. The maximum absolute atomic E-state index is 12.1. The van der Waals surface area contributed by atoms with E-state index in [4.69, 9.17) is 11.5 Å². The lowest BCUT2D eigenvalue weighted by Crippen LogP contribution is -2.39. The molecule has 5 N–H and O–H groups in total. The van der Waals surface area contributed by atoms with Crippen LogP contribution in [0.25, 0.3) is 0 Å². The van der Waals surface area contributed by atoms with Gasteiger partial charge in [-0.25, -0.2) is 0 Å². The maximum Gasteiger partial charge on any atom is 0.241 e. The van der Waals surface area contributed by atoms with Crippen LogP contribution in [-0.2, 0) is 16.1 Å². The number of nitrogens with zero attached hydrogens (tertiary/aromatic N) is 1. The number of hydrogen-bond acceptors (Lipinski definition) is 4. The number of rotatable bonds is 7. The Morgan fingerprint density at radius 3 is 2.79 bits per heavy atom. The van der Waals surface area contributed by atoms with E-state index in [1.165, 1.54) is 0 Å². The van der Waals surface area contributed by atoms with E-state index in [2.05, 4.69) is 10.2 Å². The van der Waals surface area contributed by atoms with Crippen molar-refractivity contribution < 1.29 is 9.59 Å². The second-order valence-electron chi connectivity index (χ2n) is 6.96. The monoisotopic (exact) mass is 332 g/mol. The van der Waals surface area contributed by atoms with E-state index in [-0.39, 0.29) is 17.9 Å². The van der Waals surface area contributed by atoms with Gasteiger partial charge in [0.15, 0.2) is 0 Å². The van der Waals surface area contributed by atoms with Crippen LogP contribution in [0.3, 0.4) is 0 Å². The largest absolute Gasteiger partial charge is 0.368 e. The first-order valence-electron chi connectivity index (χ1n) is 8.55. The lowest BCUT2D eigenvalue weighted by molar-refractivity contribution is -0.122. The average molecular weight is 332 g/mol. The van der Waals surface area contributed by atoms with Crippen LogP contribution in [-0.4, -0.2) is 35.3 Å². The highest BCUT2D eigenvalue weighted by Gasteiger charge is 2.28. The van der Waals surface area contributed by atoms with Gasteiger partial charge >= 0.3 is 0 Å². The minimum Gasteiger partial charge on any atom is -0.368 e. The van der Waals surface area contributed by atoms with Crippen LogP contribution in [0.4, 0.5) is 5.69 Å². The lowest BCUT2D eigenvalue weighted by atomic mass is 10.0. The number of carbonyl (C=O) groups excluding carboxylic acids is 2. The molecule has 1 aromatic rings. The summed E-state index contributed by atoms with van der Waals surface area (Å²) in [6.07, 6.45) is 2.45. The van der Waals surface area contributed by atoms with Crippen molar-refractivity contribution in [2.45, 2.75) is 51.7 Å². The van der Waals surface area contributed by atoms with Crippen LogP contribution >= 0.6 is 0 Å². The number of benzene rings is 1. The summed E-state index contributed by atoms with van der Waals surface area (Å²) >= 11 is 0. The topological polar surface area (TPSA) is 101 Å². The van der Waals surface area contributed by atoms with Crippen molar-refractivity contribution in [1.29, 1.82) is 0 Å². The van der Waals surface area contributed by atoms with E-state index in [0.717, 1.165) is 30.6 Å². The Kier molecular flexibility index (Phi) is 6.34. The molecule has 1 fully saturated rings. The van der Waals surface area contributed by atoms with Gasteiger partial charge in [-0.3, -0.25) is 14.5 Å². The van der Waals surface area contributed by atoms with Crippen LogP contribution in [0.2, 0.25) is 0 Å². The van der Waals surface area contributed by atoms with Crippen LogP contribution in [0.5, 0.6) is 0 Å². The van der Waals surface area contributed by atoms with E-state index in [9.17, 15) is 9.59 Å². The third kappa shape index (κ3) is 5.04. The molecule has 6 nitrogen and oxygen atoms in total. The molecule has 1 aromatic carbocycles. The summed E-state index contributed by atoms with van der Waals surface area (Å²) in [7, 11) is 0. The molecular weight excluding hydrogens is 304 g/mol. The molecular formula is C18H28N4O2. The van der Waals surface area contributed by atoms with Gasteiger partial charge in [0.05, 0.1) is 12.1 Å². The molecule has 0 aromatic heterocycles. The number of nitrogens with two attached hydrogens (primary N) is 2. The molecule has 2 atom stereocenters. The van der Waals surface area contributed by atoms with Gasteiger partial charge in [-0.15, -0.1) is 0 Å². The Labute approximate surface area is 143 Å². The summed E-state index contributed by atoms with van der Waals surface area (Å²) in [5.41, 5.74) is 13.1. The third-order valence-electron chi connectivity index (χ3n) is 4.33. The van der Waals surface area contributed by atoms with Crippen molar-refractivity contribution in [2.24, 2.45) is 17.4 Å². The molecule has 6 heteroatoms. The molecule has 1 aliphatic heterocycles. The Balaban J connectivity index is 1.98. The van der Waals surface area contributed by atoms with E-state index >= 15 is 0 Å². The van der Waals surface area contributed by atoms with Gasteiger partial charge in [-0.1, -0.05) is 26.0 Å². The SMILES string of the molecule is CC(C)C[C@H](N)C(=O)Nc1cccc(CN2CCCC2C(N)=O)c1. The smallest absolute Gasteiger partial charge is 0.241 e. The number of likely N-dealkylation sites (tertiary alicyclic amines) is 1. The fourth-order valence-corrected chi connectivity index (χ4v) is 3.17. The Morgan fingerprint density at radius 2 is 2.12 bits per heavy atom. The number of hydrogen-bond donors (Lipinski definition) is 3. The van der Waals surface area contributed by atoms with Gasteiger partial charge in [0.1, 0.15) is 0 Å². The summed E-state index contributed by atoms with van der Waals surface area (Å²) in [6.45, 7) is 5.59. The zero-order valence-corrected chi connectivity index (χ0v) is 14.5. The number of anilines is 1. The fourth-order valence-electron chi connectivity index (χ4n) is 3.17. The predicted molar refractivity (Wildman–Crippen MR) is 95.1 cm³/mol. The standard InChI is InChI=1S/C18H28N4O2/c1-12(2)9-15(19)18(24)21-14-6-3-5-13(10-14)11-22-8-4-7-16(22)17(20)23/h3,5-6,10,12,15-16H,4,7-9,11,19H2,1-2H3,(H2,20,23)(H,21,24)/t15-,16?/m0/s1. The number of primary amides is 1. The molecule has 1 saturated heterocycles. The second-order valence-corrected chi connectivity index (χ2v) is 6.96. The second kappa shape index (κ2) is 8.26. The first-order chi connectivity index (χ1) is 11.4. The first-order valence-corrected chi connectivity index (χ1v) is 8.55. The minimum atomic E-state index is -0.508. The van der Waals surface area contributed by atoms with Gasteiger partial charge in [-0.05, 0) is 49.4 Å². The molecule has 2 rings (SSSR count). The summed E-state index contributed by atoms with van der Waals surface area (Å²) in [4.78, 5) is 25.7. The van der Waals surface area contributed by atoms with Crippen molar-refractivity contribution in [3.05, 3.63) is 29.8 Å². The molecule has 0 spiro atoms. The number of carbonyl (C=O) groups is 2. The van der Waals surface area contributed by atoms with Gasteiger partial charge in [0.2, 0.25) is 11.8 Å². The van der Waals surface area contributed by atoms with Gasteiger partial charge in [0.25, 0.3) is 0 Å². The molecule has 0 saturated carbocycles. The van der Waals surface area contributed by atoms with Gasteiger partial charge in [0, 0.05) is 12.2 Å². The first kappa shape index (κ1) is 18.4. The van der Waals surface area contributed by atoms with E-state index < -0.39 is 6.04 Å². The Morgan fingerprint density at radius 1 is 1.38 bits per heavy atom. The Hall–Kier alpha value is -1.92. The highest BCUT2D eigenvalue weighted by atomic mass is 16.2. The summed E-state index contributed by atoms with van der Waals surface area (Å²) in [6, 6.07) is 6.96. The van der Waals surface area contributed by atoms with Crippen molar-refractivity contribution in [1.82, 2.24) is 4.90 Å². The molecule has 132 valence electrons. The van der Waals surface area contributed by atoms with Crippen molar-refractivity contribution >= 4 is 17.5 Å². The van der Waals surface area contributed by atoms with Crippen molar-refractivity contribution in [3.63, 3.8) is 0 Å². The van der Waals surface area contributed by atoms with Crippen LogP contribution < -0.4 is 16.8 Å². The lowest BCUT2D eigenvalue weighted by Gasteiger charge is -2.22. The number of amides is 2. The van der Waals surface area contributed by atoms with Crippen molar-refractivity contribution in [2.75, 3.05) is 11.9 Å². The highest BCUT2D eigenvalue weighted by molar-refractivity contribution is 5.94. The minimum absolute atomic E-state index is 0.169. The van der Waals surface area contributed by atoms with E-state index in [1.807, 2.05) is 38.1 Å². The molecule has 1 unspecified atom stereocenters. The maximum atomic E-state index is 12.1. The Bertz CT molecular complexity index is 588. The zero-order chi connectivity index (χ0) is 17.7. The molecule has 1 aliphatic rings. The van der Waals surface area contributed by atoms with E-state index in [0.29, 0.717) is 18.9 Å². The number of nitrogens with one attached hydrogen (secondary N) is 1. The third-order valence-corrected chi connectivity index (χ3v) is 4.33.